The molecule has 3 heterocycles. The first kappa shape index (κ1) is 12.8. The number of hydrogen-bond donors (Lipinski definition) is 1. The molecule has 0 aromatic carbocycles. The Bertz CT molecular complexity index is 341. The lowest BCUT2D eigenvalue weighted by molar-refractivity contribution is 0.365. The third-order valence-corrected chi connectivity index (χ3v) is 5.86. The van der Waals surface area contributed by atoms with Crippen molar-refractivity contribution in [1.82, 2.24) is 10.3 Å². The van der Waals surface area contributed by atoms with Gasteiger partial charge in [-0.1, -0.05) is 0 Å². The highest BCUT2D eigenvalue weighted by Crippen LogP contribution is 2.23. The van der Waals surface area contributed by atoms with Crippen LogP contribution in [-0.4, -0.2) is 41.7 Å². The van der Waals surface area contributed by atoms with Crippen LogP contribution >= 0.6 is 23.1 Å². The molecule has 1 unspecified atom stereocenters. The van der Waals surface area contributed by atoms with Crippen molar-refractivity contribution in [2.45, 2.75) is 37.8 Å². The Hall–Kier alpha value is -0.260. The molecule has 3 rings (SSSR count). The molecule has 2 aliphatic heterocycles. The van der Waals surface area contributed by atoms with Crippen LogP contribution in [0.1, 0.15) is 25.7 Å². The second kappa shape index (κ2) is 6.26. The maximum atomic E-state index is 4.40. The fraction of sp³-hybridized carbons (Fsp3) is 0.769. The molecule has 0 amide bonds. The number of nitrogens with one attached hydrogen (secondary N) is 1. The zero-order valence-corrected chi connectivity index (χ0v) is 12.3. The minimum Gasteiger partial charge on any atom is -0.348 e. The fourth-order valence-electron chi connectivity index (χ4n) is 2.82. The normalized spacial score (nSPS) is 26.4. The molecule has 1 aromatic heterocycles. The van der Waals surface area contributed by atoms with Gasteiger partial charge < -0.3 is 10.2 Å². The summed E-state index contributed by atoms with van der Waals surface area (Å²) in [6.07, 6.45) is 7.20. The van der Waals surface area contributed by atoms with Crippen molar-refractivity contribution < 1.29 is 0 Å². The molecule has 18 heavy (non-hydrogen) atoms. The average Bonchev–Trinajstić information content (AvgIpc) is 2.95. The molecule has 0 spiro atoms. The van der Waals surface area contributed by atoms with E-state index < -0.39 is 0 Å². The van der Waals surface area contributed by atoms with E-state index in [4.69, 9.17) is 0 Å². The lowest BCUT2D eigenvalue weighted by Gasteiger charge is -2.35. The monoisotopic (exact) mass is 283 g/mol. The summed E-state index contributed by atoms with van der Waals surface area (Å²) in [7, 11) is 0. The van der Waals surface area contributed by atoms with E-state index in [1.165, 1.54) is 42.3 Å². The summed E-state index contributed by atoms with van der Waals surface area (Å²) in [6, 6.07) is 1.49. The molecular weight excluding hydrogens is 262 g/mol. The van der Waals surface area contributed by atoms with E-state index in [0.717, 1.165) is 25.2 Å². The van der Waals surface area contributed by atoms with E-state index in [1.54, 1.807) is 11.3 Å². The van der Waals surface area contributed by atoms with E-state index in [9.17, 15) is 0 Å². The number of rotatable bonds is 3. The van der Waals surface area contributed by atoms with Crippen molar-refractivity contribution in [2.75, 3.05) is 29.5 Å². The van der Waals surface area contributed by atoms with Gasteiger partial charge in [0, 0.05) is 42.5 Å². The molecule has 1 aromatic rings. The predicted octanol–water partition coefficient (Wildman–Crippen LogP) is 2.60. The van der Waals surface area contributed by atoms with Crippen LogP contribution in [0.15, 0.2) is 11.6 Å². The van der Waals surface area contributed by atoms with Crippen LogP contribution in [0.2, 0.25) is 0 Å². The SMILES string of the molecule is c1csc(N2CCC(NC3CCCSC3)CC2)n1. The summed E-state index contributed by atoms with van der Waals surface area (Å²) in [5.74, 6) is 2.67. The van der Waals surface area contributed by atoms with E-state index >= 15 is 0 Å². The summed E-state index contributed by atoms with van der Waals surface area (Å²) < 4.78 is 0. The molecule has 1 N–H and O–H groups in total. The van der Waals surface area contributed by atoms with Crippen LogP contribution in [0.4, 0.5) is 5.13 Å². The van der Waals surface area contributed by atoms with Gasteiger partial charge in [-0.3, -0.25) is 0 Å². The van der Waals surface area contributed by atoms with E-state index in [0.29, 0.717) is 0 Å². The molecular formula is C13H21N3S2. The first-order valence-corrected chi connectivity index (χ1v) is 8.93. The molecule has 2 aliphatic rings. The van der Waals surface area contributed by atoms with Crippen molar-refractivity contribution in [1.29, 1.82) is 0 Å². The van der Waals surface area contributed by atoms with Gasteiger partial charge in [-0.2, -0.15) is 11.8 Å². The molecule has 0 bridgehead atoms. The van der Waals surface area contributed by atoms with Crippen LogP contribution < -0.4 is 10.2 Å². The lowest BCUT2D eigenvalue weighted by Crippen LogP contribution is -2.47. The number of aromatic nitrogens is 1. The van der Waals surface area contributed by atoms with Gasteiger partial charge in [-0.25, -0.2) is 4.98 Å². The minimum atomic E-state index is 0.727. The molecule has 0 saturated carbocycles. The Balaban J connectivity index is 1.45. The maximum Gasteiger partial charge on any atom is 0.185 e. The summed E-state index contributed by atoms with van der Waals surface area (Å²) >= 11 is 3.87. The van der Waals surface area contributed by atoms with E-state index in [2.05, 4.69) is 32.3 Å². The number of nitrogens with zero attached hydrogens (tertiary/aromatic N) is 2. The van der Waals surface area contributed by atoms with Gasteiger partial charge in [0.15, 0.2) is 5.13 Å². The molecule has 1 atom stereocenters. The zero-order chi connectivity index (χ0) is 12.2. The zero-order valence-electron chi connectivity index (χ0n) is 10.7. The van der Waals surface area contributed by atoms with Gasteiger partial charge in [0.05, 0.1) is 0 Å². The van der Waals surface area contributed by atoms with Gasteiger partial charge >= 0.3 is 0 Å². The van der Waals surface area contributed by atoms with Crippen LogP contribution in [0.25, 0.3) is 0 Å². The predicted molar refractivity (Wildman–Crippen MR) is 80.8 cm³/mol. The lowest BCUT2D eigenvalue weighted by atomic mass is 10.0. The third-order valence-electron chi connectivity index (χ3n) is 3.82. The van der Waals surface area contributed by atoms with Gasteiger partial charge in [-0.15, -0.1) is 11.3 Å². The highest BCUT2D eigenvalue weighted by molar-refractivity contribution is 7.99. The topological polar surface area (TPSA) is 28.2 Å². The second-order valence-corrected chi connectivity index (χ2v) is 7.18. The van der Waals surface area contributed by atoms with Crippen LogP contribution in [0.3, 0.4) is 0 Å². The van der Waals surface area contributed by atoms with Crippen molar-refractivity contribution >= 4 is 28.2 Å². The summed E-state index contributed by atoms with van der Waals surface area (Å²) in [4.78, 5) is 6.83. The van der Waals surface area contributed by atoms with E-state index in [1.807, 2.05) is 6.20 Å². The van der Waals surface area contributed by atoms with Crippen LogP contribution in [-0.2, 0) is 0 Å². The Morgan fingerprint density at radius 3 is 2.78 bits per heavy atom. The minimum absolute atomic E-state index is 0.727. The Morgan fingerprint density at radius 2 is 2.11 bits per heavy atom. The molecule has 0 radical (unpaired) electrons. The van der Waals surface area contributed by atoms with Gasteiger partial charge in [-0.05, 0) is 31.4 Å². The summed E-state index contributed by atoms with van der Waals surface area (Å²) in [5, 5.41) is 7.12. The number of piperidine rings is 1. The highest BCUT2D eigenvalue weighted by atomic mass is 32.2. The first-order valence-electron chi connectivity index (χ1n) is 6.90. The van der Waals surface area contributed by atoms with Crippen LogP contribution in [0.5, 0.6) is 0 Å². The first-order chi connectivity index (χ1) is 8.92. The Labute approximate surface area is 117 Å². The third kappa shape index (κ3) is 3.19. The number of anilines is 1. The molecule has 3 nitrogen and oxygen atoms in total. The summed E-state index contributed by atoms with van der Waals surface area (Å²) in [5.41, 5.74) is 0. The highest BCUT2D eigenvalue weighted by Gasteiger charge is 2.23. The summed E-state index contributed by atoms with van der Waals surface area (Å²) in [6.45, 7) is 2.32. The Morgan fingerprint density at radius 1 is 1.22 bits per heavy atom. The Kier molecular flexibility index (Phi) is 4.44. The molecule has 5 heteroatoms. The van der Waals surface area contributed by atoms with Gasteiger partial charge in [0.25, 0.3) is 0 Å². The molecule has 100 valence electrons. The van der Waals surface area contributed by atoms with Crippen LogP contribution in [0, 0.1) is 0 Å². The fourth-order valence-corrected chi connectivity index (χ4v) is 4.60. The van der Waals surface area contributed by atoms with Crippen molar-refractivity contribution in [3.05, 3.63) is 11.6 Å². The molecule has 0 aliphatic carbocycles. The molecule has 2 saturated heterocycles. The van der Waals surface area contributed by atoms with Crippen molar-refractivity contribution in [2.24, 2.45) is 0 Å². The van der Waals surface area contributed by atoms with Crippen molar-refractivity contribution in [3.8, 4) is 0 Å². The van der Waals surface area contributed by atoms with Gasteiger partial charge in [0.2, 0.25) is 0 Å². The maximum absolute atomic E-state index is 4.40. The number of hydrogen-bond acceptors (Lipinski definition) is 5. The quantitative estimate of drug-likeness (QED) is 0.923. The largest absolute Gasteiger partial charge is 0.348 e. The number of thiazole rings is 1. The van der Waals surface area contributed by atoms with E-state index in [-0.39, 0.29) is 0 Å². The molecule has 2 fully saturated rings. The van der Waals surface area contributed by atoms with Crippen molar-refractivity contribution in [3.63, 3.8) is 0 Å². The van der Waals surface area contributed by atoms with Gasteiger partial charge in [0.1, 0.15) is 0 Å². The average molecular weight is 283 g/mol. The smallest absolute Gasteiger partial charge is 0.185 e. The number of thioether (sulfide) groups is 1. The second-order valence-electron chi connectivity index (χ2n) is 5.16. The standard InChI is InChI=1S/C13H21N3S2/c1-2-12(10-17-8-1)15-11-3-6-16(7-4-11)13-14-5-9-18-13/h5,9,11-12,15H,1-4,6-8,10H2.